The number of carbonyl (C=O) groups excluding carboxylic acids is 2. The Bertz CT molecular complexity index is 1800. The molecule has 2 bridgehead atoms. The molecular weight excluding hydrogens is 706 g/mol. The molecule has 2 aliphatic heterocycles. The van der Waals surface area contributed by atoms with E-state index in [0.717, 1.165) is 31.2 Å². The van der Waals surface area contributed by atoms with Crippen LogP contribution in [-0.2, 0) is 40.1 Å². The van der Waals surface area contributed by atoms with Crippen molar-refractivity contribution in [2.24, 2.45) is 10.3 Å². The highest BCUT2D eigenvalue weighted by Gasteiger charge is 2.34. The van der Waals surface area contributed by atoms with Crippen LogP contribution in [0.1, 0.15) is 64.0 Å². The first-order valence-corrected chi connectivity index (χ1v) is 19.5. The van der Waals surface area contributed by atoms with Crippen LogP contribution in [0.15, 0.2) is 69.6 Å². The number of nitrogens with zero attached hydrogens (tertiary/aromatic N) is 2. The molecule has 0 radical (unpaired) electrons. The Morgan fingerprint density at radius 1 is 1.21 bits per heavy atom. The van der Waals surface area contributed by atoms with Gasteiger partial charge >= 0.3 is 0 Å². The minimum Gasteiger partial charge on any atom is -0.491 e. The van der Waals surface area contributed by atoms with E-state index in [0.29, 0.717) is 36.2 Å². The Balaban J connectivity index is 1.92. The standard InChI is InChI=1S/C38H52ClN5O7S/c1-8-11-26-20-28(39)13-15-30(26)27-23-44-18-17-25(9-2)33(48-6)12-10-19-51-38(3,4)37(46)43-52(47,29-14-16-34(50-24-27)32(44)21-29)42-36(45)31(22-41-5)35(40)49-7/h10,12-16,20-22,25,27,33,40-41H,8-9,11,17-19,23-24H2,1-7H3,(H,42,43,45,46,47)/b12-10+,31-22+,40-35?. The van der Waals surface area contributed by atoms with Gasteiger partial charge in [0.25, 0.3) is 11.8 Å². The number of anilines is 1. The van der Waals surface area contributed by atoms with E-state index in [1.165, 1.54) is 32.7 Å². The first kappa shape index (κ1) is 40.9. The third-order valence-electron chi connectivity index (χ3n) is 9.37. The number of aryl methyl sites for hydroxylation is 1. The lowest BCUT2D eigenvalue weighted by Gasteiger charge is -2.31. The molecular formula is C38H52ClN5O7S. The minimum atomic E-state index is -4.03. The molecule has 14 heteroatoms. The van der Waals surface area contributed by atoms with E-state index in [2.05, 4.69) is 39.2 Å². The summed E-state index contributed by atoms with van der Waals surface area (Å²) in [5.41, 5.74) is 1.22. The summed E-state index contributed by atoms with van der Waals surface area (Å²) in [4.78, 5) is 29.7. The summed E-state index contributed by atoms with van der Waals surface area (Å²) >= 11 is 6.44. The molecule has 0 saturated carbocycles. The SMILES string of the molecule is CCCc1cc(Cl)ccc1C1COc2ccc3cc2N(CCC(CC)C(OC)/C=C/COC(C)(C)C(=O)N=S3(=O)NC(=O)/C(=C/NC)C(=N)OC)C1. The molecule has 0 spiro atoms. The van der Waals surface area contributed by atoms with E-state index in [1.807, 2.05) is 24.3 Å². The maximum Gasteiger partial charge on any atom is 0.287 e. The van der Waals surface area contributed by atoms with E-state index in [-0.39, 0.29) is 35.0 Å². The van der Waals surface area contributed by atoms with E-state index in [1.54, 1.807) is 32.4 Å². The lowest BCUT2D eigenvalue weighted by molar-refractivity contribution is -0.137. The topological polar surface area (TPSA) is 152 Å². The molecule has 0 aliphatic carbocycles. The Morgan fingerprint density at radius 2 is 1.98 bits per heavy atom. The van der Waals surface area contributed by atoms with Crippen molar-refractivity contribution in [1.29, 1.82) is 5.41 Å². The number of methoxy groups -OCH3 is 2. The number of rotatable bonds is 9. The van der Waals surface area contributed by atoms with Gasteiger partial charge in [0, 0.05) is 44.4 Å². The van der Waals surface area contributed by atoms with Gasteiger partial charge in [0.05, 0.1) is 37.0 Å². The molecule has 12 nitrogen and oxygen atoms in total. The number of hydrogen-bond acceptors (Lipinski definition) is 10. The zero-order chi connectivity index (χ0) is 38.1. The molecule has 0 aromatic heterocycles. The van der Waals surface area contributed by atoms with E-state index in [4.69, 9.17) is 36.0 Å². The van der Waals surface area contributed by atoms with Gasteiger partial charge in [-0.25, -0.2) is 4.21 Å². The fraction of sp³-hybridized carbons (Fsp3) is 0.500. The van der Waals surface area contributed by atoms with E-state index >= 15 is 4.21 Å². The molecule has 3 N–H and O–H groups in total. The van der Waals surface area contributed by atoms with Crippen molar-refractivity contribution in [3.05, 3.63) is 76.5 Å². The number of carbonyl (C=O) groups is 2. The maximum absolute atomic E-state index is 15.0. The lowest BCUT2D eigenvalue weighted by Crippen LogP contribution is -2.39. The van der Waals surface area contributed by atoms with Crippen molar-refractivity contribution in [3.8, 4) is 5.75 Å². The molecule has 4 rings (SSSR count). The van der Waals surface area contributed by atoms with E-state index < -0.39 is 33.2 Å². The quantitative estimate of drug-likeness (QED) is 0.118. The van der Waals surface area contributed by atoms with Crippen molar-refractivity contribution in [2.75, 3.05) is 52.5 Å². The molecule has 52 heavy (non-hydrogen) atoms. The third kappa shape index (κ3) is 9.74. The monoisotopic (exact) mass is 757 g/mol. The van der Waals surface area contributed by atoms with Crippen molar-refractivity contribution in [1.82, 2.24) is 10.0 Å². The second-order valence-corrected chi connectivity index (χ2v) is 15.7. The molecule has 0 fully saturated rings. The van der Waals surface area contributed by atoms with Crippen LogP contribution in [-0.4, -0.2) is 81.2 Å². The van der Waals surface area contributed by atoms with Crippen molar-refractivity contribution < 1.29 is 32.7 Å². The third-order valence-corrected chi connectivity index (χ3v) is 11.4. The highest BCUT2D eigenvalue weighted by atomic mass is 35.5. The number of amides is 2. The van der Waals surface area contributed by atoms with Gasteiger partial charge in [-0.05, 0) is 74.1 Å². The zero-order valence-electron chi connectivity index (χ0n) is 31.1. The predicted octanol–water partition coefficient (Wildman–Crippen LogP) is 6.18. The Kier molecular flexibility index (Phi) is 14.3. The molecule has 4 atom stereocenters. The largest absolute Gasteiger partial charge is 0.491 e. The molecule has 2 aliphatic rings. The summed E-state index contributed by atoms with van der Waals surface area (Å²) in [5, 5.41) is 11.5. The van der Waals surface area contributed by atoms with Gasteiger partial charge in [-0.1, -0.05) is 56.5 Å². The van der Waals surface area contributed by atoms with Crippen LogP contribution < -0.4 is 19.7 Å². The molecule has 2 aromatic rings. The smallest absolute Gasteiger partial charge is 0.287 e. The second kappa shape index (κ2) is 18.2. The highest BCUT2D eigenvalue weighted by molar-refractivity contribution is 7.92. The summed E-state index contributed by atoms with van der Waals surface area (Å²) in [5.74, 6) is -1.55. The van der Waals surface area contributed by atoms with Gasteiger partial charge in [-0.3, -0.25) is 19.7 Å². The average molecular weight is 758 g/mol. The van der Waals surface area contributed by atoms with Gasteiger partial charge < -0.3 is 29.2 Å². The van der Waals surface area contributed by atoms with Crippen LogP contribution in [0.5, 0.6) is 5.75 Å². The molecule has 0 saturated heterocycles. The lowest BCUT2D eigenvalue weighted by atomic mass is 9.91. The second-order valence-electron chi connectivity index (χ2n) is 13.3. The molecule has 2 aromatic carbocycles. The molecule has 284 valence electrons. The Morgan fingerprint density at radius 3 is 2.65 bits per heavy atom. The normalized spacial score (nSPS) is 24.5. The maximum atomic E-state index is 15.0. The van der Waals surface area contributed by atoms with Crippen LogP contribution in [0, 0.1) is 11.3 Å². The molecule has 4 unspecified atom stereocenters. The number of benzene rings is 2. The van der Waals surface area contributed by atoms with Crippen LogP contribution in [0.2, 0.25) is 5.02 Å². The van der Waals surface area contributed by atoms with Gasteiger partial charge in [-0.15, -0.1) is 4.36 Å². The summed E-state index contributed by atoms with van der Waals surface area (Å²) in [7, 11) is 0.452. The van der Waals surface area contributed by atoms with E-state index in [9.17, 15) is 9.59 Å². The molecule has 2 heterocycles. The van der Waals surface area contributed by atoms with Crippen LogP contribution in [0.4, 0.5) is 5.69 Å². The number of halogens is 1. The van der Waals surface area contributed by atoms with Crippen LogP contribution >= 0.6 is 11.6 Å². The number of fused-ring (bicyclic) bond motifs is 1. The van der Waals surface area contributed by atoms with Crippen molar-refractivity contribution in [2.45, 2.75) is 75.9 Å². The van der Waals surface area contributed by atoms with Crippen LogP contribution in [0.3, 0.4) is 0 Å². The van der Waals surface area contributed by atoms with Gasteiger partial charge in [0.1, 0.15) is 16.9 Å². The highest BCUT2D eigenvalue weighted by Crippen LogP contribution is 2.39. The Labute approximate surface area is 313 Å². The summed E-state index contributed by atoms with van der Waals surface area (Å²) in [6, 6.07) is 10.9. The van der Waals surface area contributed by atoms with Gasteiger partial charge in [-0.2, -0.15) is 0 Å². The fourth-order valence-corrected chi connectivity index (χ4v) is 8.19. The van der Waals surface area contributed by atoms with Crippen LogP contribution in [0.25, 0.3) is 0 Å². The van der Waals surface area contributed by atoms with Gasteiger partial charge in [0.2, 0.25) is 5.90 Å². The van der Waals surface area contributed by atoms with Gasteiger partial charge in [0.15, 0.2) is 9.92 Å². The summed E-state index contributed by atoms with van der Waals surface area (Å²) in [6.45, 7) is 8.97. The number of hydrogen-bond donors (Lipinski definition) is 3. The minimum absolute atomic E-state index is 0.0268. The number of nitrogens with one attached hydrogen (secondary N) is 3. The van der Waals surface area contributed by atoms with Crippen molar-refractivity contribution >= 4 is 44.9 Å². The zero-order valence-corrected chi connectivity index (χ0v) is 32.7. The van der Waals surface area contributed by atoms with Crippen molar-refractivity contribution in [3.63, 3.8) is 0 Å². The summed E-state index contributed by atoms with van der Waals surface area (Å²) in [6.07, 6.45) is 8.25. The molecule has 2 amide bonds. The Hall–Kier alpha value is -3.91. The first-order chi connectivity index (χ1) is 24.8. The summed E-state index contributed by atoms with van der Waals surface area (Å²) < 4.78 is 45.0. The fourth-order valence-electron chi connectivity index (χ4n) is 6.39. The average Bonchev–Trinajstić information content (AvgIpc) is 3.30. The predicted molar refractivity (Wildman–Crippen MR) is 205 cm³/mol. The first-order valence-electron chi connectivity index (χ1n) is 17.6. The number of ether oxygens (including phenoxy) is 4.